The normalized spacial score (nSPS) is 9.82. The highest BCUT2D eigenvalue weighted by molar-refractivity contribution is 4.74. The summed E-state index contributed by atoms with van der Waals surface area (Å²) >= 11 is 0. The molecule has 0 saturated carbocycles. The van der Waals surface area contributed by atoms with Crippen molar-refractivity contribution in [2.75, 3.05) is 14.1 Å². The van der Waals surface area contributed by atoms with E-state index in [-0.39, 0.29) is 12.4 Å². The van der Waals surface area contributed by atoms with Crippen molar-refractivity contribution in [3.8, 4) is 0 Å². The smallest absolute Gasteiger partial charge is 0.271 e. The molecule has 0 atom stereocenters. The summed E-state index contributed by atoms with van der Waals surface area (Å²) in [6.07, 6.45) is 0. The van der Waals surface area contributed by atoms with Gasteiger partial charge in [0.15, 0.2) is 6.54 Å². The molecule has 1 aromatic rings. The zero-order valence-corrected chi connectivity index (χ0v) is 7.64. The number of nitrogens with zero attached hydrogens (tertiary/aromatic N) is 2. The Morgan fingerprint density at radius 1 is 1.36 bits per heavy atom. The predicted molar refractivity (Wildman–Crippen MR) is 35.5 cm³/mol. The van der Waals surface area contributed by atoms with Crippen molar-refractivity contribution in [2.24, 2.45) is 0 Å². The summed E-state index contributed by atoms with van der Waals surface area (Å²) in [5, 5.41) is 7.56. The van der Waals surface area contributed by atoms with Crippen LogP contribution < -0.4 is 17.3 Å². The molecule has 0 unspecified atom stereocenters. The van der Waals surface area contributed by atoms with Gasteiger partial charge in [-0.05, 0) is 0 Å². The van der Waals surface area contributed by atoms with Gasteiger partial charge in [-0.2, -0.15) is 0 Å². The van der Waals surface area contributed by atoms with E-state index >= 15 is 0 Å². The van der Waals surface area contributed by atoms with Gasteiger partial charge in [0.05, 0.1) is 14.1 Å². The van der Waals surface area contributed by atoms with E-state index in [0.29, 0.717) is 11.8 Å². The third-order valence-electron chi connectivity index (χ3n) is 1.07. The largest absolute Gasteiger partial charge is 1.00 e. The number of hydrogen-bond acceptors (Lipinski definition) is 3. The van der Waals surface area contributed by atoms with Crippen LogP contribution in [0.5, 0.6) is 0 Å². The van der Waals surface area contributed by atoms with Crippen LogP contribution in [-0.2, 0) is 6.54 Å². The van der Waals surface area contributed by atoms with Crippen molar-refractivity contribution in [2.45, 2.75) is 13.5 Å². The average molecular weight is 178 g/mol. The molecular formula is C6H12ClN3O. The molecule has 4 nitrogen and oxygen atoms in total. The van der Waals surface area contributed by atoms with Crippen molar-refractivity contribution in [1.82, 2.24) is 10.2 Å². The summed E-state index contributed by atoms with van der Waals surface area (Å²) in [7, 11) is 4.08. The van der Waals surface area contributed by atoms with Crippen LogP contribution in [0.3, 0.4) is 0 Å². The lowest BCUT2D eigenvalue weighted by atomic mass is 10.6. The maximum absolute atomic E-state index is 5.15. The van der Waals surface area contributed by atoms with Gasteiger partial charge < -0.3 is 21.7 Å². The van der Waals surface area contributed by atoms with Gasteiger partial charge in [0.2, 0.25) is 5.89 Å². The Labute approximate surface area is 72.0 Å². The van der Waals surface area contributed by atoms with E-state index in [4.69, 9.17) is 4.42 Å². The van der Waals surface area contributed by atoms with Crippen LogP contribution >= 0.6 is 0 Å². The molecule has 0 aliphatic rings. The molecule has 0 aliphatic heterocycles. The Kier molecular flexibility index (Phi) is 4.07. The van der Waals surface area contributed by atoms with Gasteiger partial charge >= 0.3 is 0 Å². The Bertz CT molecular complexity index is 211. The summed E-state index contributed by atoms with van der Waals surface area (Å²) in [4.78, 5) is 1.28. The summed E-state index contributed by atoms with van der Waals surface area (Å²) < 4.78 is 5.15. The molecule has 0 saturated heterocycles. The third-order valence-corrected chi connectivity index (χ3v) is 1.07. The fraction of sp³-hybridized carbons (Fsp3) is 0.667. The molecule has 64 valence electrons. The number of nitrogens with one attached hydrogen (secondary N) is 1. The molecule has 0 spiro atoms. The van der Waals surface area contributed by atoms with E-state index in [2.05, 4.69) is 10.2 Å². The SMILES string of the molecule is Cc1nnc(C[NH+](C)C)o1.[Cl-]. The van der Waals surface area contributed by atoms with Crippen molar-refractivity contribution >= 4 is 0 Å². The van der Waals surface area contributed by atoms with Crippen LogP contribution in [0, 0.1) is 6.92 Å². The lowest BCUT2D eigenvalue weighted by molar-refractivity contribution is -0.874. The van der Waals surface area contributed by atoms with E-state index in [0.717, 1.165) is 6.54 Å². The van der Waals surface area contributed by atoms with E-state index in [1.807, 2.05) is 14.1 Å². The van der Waals surface area contributed by atoms with Crippen molar-refractivity contribution < 1.29 is 21.7 Å². The molecule has 0 aliphatic carbocycles. The second-order valence-electron chi connectivity index (χ2n) is 2.60. The lowest BCUT2D eigenvalue weighted by Gasteiger charge is -2.00. The Morgan fingerprint density at radius 2 is 2.00 bits per heavy atom. The van der Waals surface area contributed by atoms with Gasteiger partial charge in [-0.1, -0.05) is 0 Å². The van der Waals surface area contributed by atoms with Crippen molar-refractivity contribution in [1.29, 1.82) is 0 Å². The van der Waals surface area contributed by atoms with E-state index in [1.54, 1.807) is 6.92 Å². The van der Waals surface area contributed by atoms with Crippen LogP contribution in [0.25, 0.3) is 0 Å². The Morgan fingerprint density at radius 3 is 2.36 bits per heavy atom. The van der Waals surface area contributed by atoms with Crippen LogP contribution in [0.4, 0.5) is 0 Å². The van der Waals surface area contributed by atoms with Crippen LogP contribution in [0.15, 0.2) is 4.42 Å². The summed E-state index contributed by atoms with van der Waals surface area (Å²) in [6.45, 7) is 2.59. The number of halogens is 1. The monoisotopic (exact) mass is 177 g/mol. The molecule has 0 amide bonds. The standard InChI is InChI=1S/C6H11N3O.ClH/c1-5-7-8-6(10-5)4-9(2)3;/h4H2,1-3H3;1H. The van der Waals surface area contributed by atoms with Gasteiger partial charge in [0, 0.05) is 6.92 Å². The van der Waals surface area contributed by atoms with E-state index in [1.165, 1.54) is 4.90 Å². The first-order chi connectivity index (χ1) is 4.68. The molecule has 1 rings (SSSR count). The minimum atomic E-state index is 0. The van der Waals surface area contributed by atoms with Gasteiger partial charge in [-0.3, -0.25) is 0 Å². The highest BCUT2D eigenvalue weighted by atomic mass is 35.5. The lowest BCUT2D eigenvalue weighted by Crippen LogP contribution is -3.04. The summed E-state index contributed by atoms with van der Waals surface area (Å²) in [5.74, 6) is 1.34. The van der Waals surface area contributed by atoms with E-state index < -0.39 is 0 Å². The molecule has 0 fully saturated rings. The molecule has 11 heavy (non-hydrogen) atoms. The van der Waals surface area contributed by atoms with Crippen LogP contribution in [0.1, 0.15) is 11.8 Å². The van der Waals surface area contributed by atoms with Crippen LogP contribution in [0.2, 0.25) is 0 Å². The first-order valence-corrected chi connectivity index (χ1v) is 3.26. The minimum absolute atomic E-state index is 0. The Balaban J connectivity index is 0.000001000. The minimum Gasteiger partial charge on any atom is -1.00 e. The molecule has 0 aromatic carbocycles. The fourth-order valence-corrected chi connectivity index (χ4v) is 0.711. The molecule has 0 radical (unpaired) electrons. The van der Waals surface area contributed by atoms with Crippen molar-refractivity contribution in [3.05, 3.63) is 11.8 Å². The molecule has 0 bridgehead atoms. The molecular weight excluding hydrogens is 166 g/mol. The zero-order chi connectivity index (χ0) is 7.56. The first-order valence-electron chi connectivity index (χ1n) is 3.26. The highest BCUT2D eigenvalue weighted by Crippen LogP contribution is 1.93. The number of rotatable bonds is 2. The molecule has 1 N–H and O–H groups in total. The third kappa shape index (κ3) is 3.34. The molecule has 1 heterocycles. The number of aryl methyl sites for hydroxylation is 1. The second kappa shape index (κ2) is 4.31. The molecule has 5 heteroatoms. The first kappa shape index (κ1) is 10.4. The number of quaternary nitrogens is 1. The molecule has 1 aromatic heterocycles. The van der Waals surface area contributed by atoms with Crippen LogP contribution in [-0.4, -0.2) is 24.3 Å². The highest BCUT2D eigenvalue weighted by Gasteiger charge is 2.04. The summed E-state index contributed by atoms with van der Waals surface area (Å²) in [5.41, 5.74) is 0. The average Bonchev–Trinajstić information content (AvgIpc) is 2.13. The number of aromatic nitrogens is 2. The van der Waals surface area contributed by atoms with E-state index in [9.17, 15) is 0 Å². The second-order valence-corrected chi connectivity index (χ2v) is 2.60. The topological polar surface area (TPSA) is 43.4 Å². The van der Waals surface area contributed by atoms with Crippen molar-refractivity contribution in [3.63, 3.8) is 0 Å². The zero-order valence-electron chi connectivity index (χ0n) is 6.89. The van der Waals surface area contributed by atoms with Gasteiger partial charge in [0.25, 0.3) is 5.89 Å². The quantitative estimate of drug-likeness (QED) is 0.501. The number of hydrogen-bond donors (Lipinski definition) is 1. The van der Waals surface area contributed by atoms with Gasteiger partial charge in [0.1, 0.15) is 0 Å². The Hall–Kier alpha value is -0.610. The summed E-state index contributed by atoms with van der Waals surface area (Å²) in [6, 6.07) is 0. The van der Waals surface area contributed by atoms with Gasteiger partial charge in [-0.15, -0.1) is 10.2 Å². The predicted octanol–water partition coefficient (Wildman–Crippen LogP) is -3.97. The maximum Gasteiger partial charge on any atom is 0.271 e. The maximum atomic E-state index is 5.15. The fourth-order valence-electron chi connectivity index (χ4n) is 0.711. The van der Waals surface area contributed by atoms with Gasteiger partial charge in [-0.25, -0.2) is 0 Å².